The molecule has 1 aromatic carbocycles. The molecule has 6 heteroatoms. The van der Waals surface area contributed by atoms with Gasteiger partial charge < -0.3 is 9.47 Å². The van der Waals surface area contributed by atoms with Gasteiger partial charge >= 0.3 is 0 Å². The summed E-state index contributed by atoms with van der Waals surface area (Å²) < 4.78 is 11.4. The largest absolute Gasteiger partial charge is 0.459 e. The molecule has 0 amide bonds. The van der Waals surface area contributed by atoms with Crippen molar-refractivity contribution in [3.63, 3.8) is 0 Å². The molecule has 0 unspecified atom stereocenters. The van der Waals surface area contributed by atoms with Crippen LogP contribution in [0.2, 0.25) is 0 Å². The second kappa shape index (κ2) is 4.85. The molecule has 0 radical (unpaired) electrons. The molecular weight excluding hydrogens is 290 g/mol. The van der Waals surface area contributed by atoms with Crippen LogP contribution in [-0.2, 0) is 4.74 Å². The molecule has 90 valence electrons. The van der Waals surface area contributed by atoms with Gasteiger partial charge in [-0.1, -0.05) is 0 Å². The maximum atomic E-state index is 10.7. The van der Waals surface area contributed by atoms with Gasteiger partial charge in [-0.05, 0) is 35.0 Å². The fraction of sp³-hybridized carbons (Fsp3) is 0.273. The first-order valence-corrected chi connectivity index (χ1v) is 5.85. The van der Waals surface area contributed by atoms with Crippen LogP contribution in [0.25, 0.3) is 6.08 Å². The van der Waals surface area contributed by atoms with Gasteiger partial charge in [0.05, 0.1) is 9.40 Å². The van der Waals surface area contributed by atoms with Crippen molar-refractivity contribution in [2.45, 2.75) is 13.2 Å². The molecule has 17 heavy (non-hydrogen) atoms. The summed E-state index contributed by atoms with van der Waals surface area (Å²) >= 11 is 3.26. The molecule has 0 aliphatic carbocycles. The minimum absolute atomic E-state index is 0.0266. The van der Waals surface area contributed by atoms with E-state index in [9.17, 15) is 10.1 Å². The Kier molecular flexibility index (Phi) is 3.44. The number of nitro groups is 1. The highest BCUT2D eigenvalue weighted by Crippen LogP contribution is 2.37. The van der Waals surface area contributed by atoms with Gasteiger partial charge in [-0.15, -0.1) is 0 Å². The molecule has 1 heterocycles. The lowest BCUT2D eigenvalue weighted by Gasteiger charge is -2.21. The maximum Gasteiger partial charge on any atom is 0.271 e. The van der Waals surface area contributed by atoms with Crippen LogP contribution in [0.15, 0.2) is 22.7 Å². The van der Waals surface area contributed by atoms with E-state index in [1.54, 1.807) is 12.2 Å². The lowest BCUT2D eigenvalue weighted by Crippen LogP contribution is -2.20. The van der Waals surface area contributed by atoms with Crippen LogP contribution in [0.4, 0.5) is 5.69 Å². The van der Waals surface area contributed by atoms with E-state index in [-0.39, 0.29) is 5.69 Å². The quantitative estimate of drug-likeness (QED) is 0.635. The van der Waals surface area contributed by atoms with Crippen LogP contribution in [-0.4, -0.2) is 17.8 Å². The molecule has 0 N–H and O–H groups in total. The highest BCUT2D eigenvalue weighted by Gasteiger charge is 2.21. The van der Waals surface area contributed by atoms with Crippen molar-refractivity contribution in [2.75, 3.05) is 6.61 Å². The Hall–Kier alpha value is -1.40. The topological polar surface area (TPSA) is 61.6 Å². The first-order valence-electron chi connectivity index (χ1n) is 5.06. The summed E-state index contributed by atoms with van der Waals surface area (Å²) in [6.07, 6.45) is 3.05. The summed E-state index contributed by atoms with van der Waals surface area (Å²) in [4.78, 5) is 10.3. The zero-order valence-corrected chi connectivity index (χ0v) is 10.6. The van der Waals surface area contributed by atoms with E-state index in [2.05, 4.69) is 15.9 Å². The summed E-state index contributed by atoms with van der Waals surface area (Å²) in [5.41, 5.74) is 0.695. The van der Waals surface area contributed by atoms with Crippen LogP contribution < -0.4 is 4.74 Å². The number of nitrogens with zero attached hydrogens (tertiary/aromatic N) is 1. The molecule has 0 aromatic heterocycles. The van der Waals surface area contributed by atoms with Gasteiger partial charge in [0.25, 0.3) is 5.69 Å². The normalized spacial score (nSPS) is 17.4. The zero-order chi connectivity index (χ0) is 12.4. The average molecular weight is 300 g/mol. The molecule has 1 atom stereocenters. The summed E-state index contributed by atoms with van der Waals surface area (Å²) in [7, 11) is 0. The van der Waals surface area contributed by atoms with E-state index in [4.69, 9.17) is 9.47 Å². The van der Waals surface area contributed by atoms with Crippen molar-refractivity contribution in [2.24, 2.45) is 0 Å². The Bertz CT molecular complexity index is 487. The summed E-state index contributed by atoms with van der Waals surface area (Å²) in [5.74, 6) is 0.566. The van der Waals surface area contributed by atoms with E-state index in [1.165, 1.54) is 12.1 Å². The van der Waals surface area contributed by atoms with E-state index in [0.717, 1.165) is 0 Å². The number of hydrogen-bond acceptors (Lipinski definition) is 4. The van der Waals surface area contributed by atoms with Gasteiger partial charge in [-0.3, -0.25) is 10.1 Å². The second-order valence-corrected chi connectivity index (χ2v) is 4.26. The van der Waals surface area contributed by atoms with Gasteiger partial charge in [0.1, 0.15) is 5.75 Å². The van der Waals surface area contributed by atoms with Crippen molar-refractivity contribution >= 4 is 27.7 Å². The minimum Gasteiger partial charge on any atom is -0.459 e. The molecule has 1 aromatic rings. The lowest BCUT2D eigenvalue weighted by atomic mass is 10.1. The fourth-order valence-electron chi connectivity index (χ4n) is 1.54. The maximum absolute atomic E-state index is 10.7. The highest BCUT2D eigenvalue weighted by atomic mass is 79.9. The molecule has 0 saturated heterocycles. The Morgan fingerprint density at radius 3 is 3.00 bits per heavy atom. The molecule has 1 aliphatic heterocycles. The van der Waals surface area contributed by atoms with Gasteiger partial charge in [0.15, 0.2) is 0 Å². The highest BCUT2D eigenvalue weighted by molar-refractivity contribution is 9.10. The third-order valence-electron chi connectivity index (χ3n) is 2.27. The minimum atomic E-state index is -0.440. The van der Waals surface area contributed by atoms with E-state index >= 15 is 0 Å². The monoisotopic (exact) mass is 299 g/mol. The molecule has 0 fully saturated rings. The number of hydrogen-bond donors (Lipinski definition) is 0. The van der Waals surface area contributed by atoms with Crippen molar-refractivity contribution in [1.82, 2.24) is 0 Å². The number of rotatable bonds is 3. The number of fused-ring (bicyclic) bond motifs is 1. The Balaban J connectivity index is 2.37. The van der Waals surface area contributed by atoms with Gasteiger partial charge in [0.2, 0.25) is 6.29 Å². The van der Waals surface area contributed by atoms with Crippen molar-refractivity contribution in [3.8, 4) is 5.75 Å². The zero-order valence-electron chi connectivity index (χ0n) is 9.05. The molecular formula is C11H10BrNO4. The van der Waals surface area contributed by atoms with Crippen LogP contribution in [0, 0.1) is 10.1 Å². The second-order valence-electron chi connectivity index (χ2n) is 3.40. The molecule has 5 nitrogen and oxygen atoms in total. The average Bonchev–Trinajstić information content (AvgIpc) is 2.30. The fourth-order valence-corrected chi connectivity index (χ4v) is 2.10. The van der Waals surface area contributed by atoms with Crippen molar-refractivity contribution < 1.29 is 14.4 Å². The van der Waals surface area contributed by atoms with Crippen LogP contribution in [0.1, 0.15) is 12.5 Å². The van der Waals surface area contributed by atoms with Crippen LogP contribution in [0.5, 0.6) is 5.75 Å². The molecule has 0 spiro atoms. The molecule has 1 aliphatic rings. The summed E-state index contributed by atoms with van der Waals surface area (Å²) in [6, 6.07) is 2.89. The van der Waals surface area contributed by atoms with Crippen molar-refractivity contribution in [1.29, 1.82) is 0 Å². The first kappa shape index (κ1) is 12.1. The Morgan fingerprint density at radius 1 is 1.59 bits per heavy atom. The number of halogens is 1. The summed E-state index contributed by atoms with van der Waals surface area (Å²) in [5, 5.41) is 10.7. The van der Waals surface area contributed by atoms with Gasteiger partial charge in [-0.2, -0.15) is 0 Å². The number of benzene rings is 1. The van der Waals surface area contributed by atoms with Crippen molar-refractivity contribution in [3.05, 3.63) is 38.4 Å². The molecule has 0 saturated carbocycles. The Labute approximate surface area is 106 Å². The standard InChI is InChI=1S/C11H10BrNO4/c1-2-16-10-4-3-7-5-8(13(14)15)6-9(12)11(7)17-10/h3-6,10H,2H2,1H3/t10-/m0/s1. The Morgan fingerprint density at radius 2 is 2.35 bits per heavy atom. The lowest BCUT2D eigenvalue weighted by molar-refractivity contribution is -0.385. The molecule has 0 bridgehead atoms. The van der Waals surface area contributed by atoms with Crippen LogP contribution in [0.3, 0.4) is 0 Å². The van der Waals surface area contributed by atoms with Gasteiger partial charge in [0, 0.05) is 24.3 Å². The number of nitro benzene ring substituents is 1. The van der Waals surface area contributed by atoms with E-state index < -0.39 is 11.2 Å². The van der Waals surface area contributed by atoms with Crippen LogP contribution >= 0.6 is 15.9 Å². The van der Waals surface area contributed by atoms with E-state index in [0.29, 0.717) is 22.4 Å². The molecule has 2 rings (SSSR count). The summed E-state index contributed by atoms with van der Waals surface area (Å²) in [6.45, 7) is 2.41. The first-order chi connectivity index (χ1) is 8.11. The third kappa shape index (κ3) is 2.48. The smallest absolute Gasteiger partial charge is 0.271 e. The number of ether oxygens (including phenoxy) is 2. The van der Waals surface area contributed by atoms with Gasteiger partial charge in [-0.25, -0.2) is 0 Å². The predicted octanol–water partition coefficient (Wildman–Crippen LogP) is 3.13. The SMILES string of the molecule is CCO[C@@H]1C=Cc2cc([N+](=O)[O-])cc(Br)c2O1. The van der Waals surface area contributed by atoms with E-state index in [1.807, 2.05) is 6.92 Å². The third-order valence-corrected chi connectivity index (χ3v) is 2.85. The number of non-ortho nitro benzene ring substituents is 1. The predicted molar refractivity (Wildman–Crippen MR) is 65.9 cm³/mol.